The average molecular weight is 396 g/mol. The van der Waals surface area contributed by atoms with Gasteiger partial charge >= 0.3 is 0 Å². The van der Waals surface area contributed by atoms with Gasteiger partial charge in [0.2, 0.25) is 0 Å². The molecule has 0 aliphatic heterocycles. The highest BCUT2D eigenvalue weighted by Gasteiger charge is 2.38. The Morgan fingerprint density at radius 3 is 2.04 bits per heavy atom. The molecule has 0 unspecified atom stereocenters. The van der Waals surface area contributed by atoms with Crippen LogP contribution in [0.25, 0.3) is 0 Å². The fraction of sp³-hybridized carbons (Fsp3) is 0.235. The maximum absolute atomic E-state index is 13.1. The highest BCUT2D eigenvalue weighted by atomic mass is 79.9. The molecule has 4 nitrogen and oxygen atoms in total. The lowest BCUT2D eigenvalue weighted by atomic mass is 10.2. The Labute approximate surface area is 145 Å². The molecule has 0 saturated carbocycles. The molecule has 2 aromatic rings. The molecular weight excluding hydrogens is 378 g/mol. The third-order valence-electron chi connectivity index (χ3n) is 3.30. The van der Waals surface area contributed by atoms with Gasteiger partial charge in [0, 0.05) is 0 Å². The number of halogens is 1. The Bertz CT molecular complexity index is 811. The van der Waals surface area contributed by atoms with Crippen molar-refractivity contribution >= 4 is 37.5 Å². The summed E-state index contributed by atoms with van der Waals surface area (Å²) in [6, 6.07) is 15.0. The van der Waals surface area contributed by atoms with Gasteiger partial charge in [0.1, 0.15) is 4.32 Å². The summed E-state index contributed by atoms with van der Waals surface area (Å²) < 4.78 is 26.1. The number of rotatable bonds is 4. The molecule has 0 atom stereocenters. The first-order valence-corrected chi connectivity index (χ1v) is 9.28. The minimum Gasteiger partial charge on any atom is -0.272 e. The number of sulfonamides is 1. The standard InChI is InChI=1S/C17H18BrNO3S/c1-13-9-7-8-12-15(13)23(21,22)19(16(20)17(2,3)18)14-10-5-4-6-11-14/h4-12H,1-3H3. The van der Waals surface area contributed by atoms with Gasteiger partial charge in [-0.1, -0.05) is 52.3 Å². The van der Waals surface area contributed by atoms with Crippen molar-refractivity contribution in [2.45, 2.75) is 30.0 Å². The number of nitrogens with zero attached hydrogens (tertiary/aromatic N) is 1. The monoisotopic (exact) mass is 395 g/mol. The number of hydrogen-bond acceptors (Lipinski definition) is 3. The van der Waals surface area contributed by atoms with Crippen LogP contribution in [0.5, 0.6) is 0 Å². The number of anilines is 1. The summed E-state index contributed by atoms with van der Waals surface area (Å²) in [6.45, 7) is 4.96. The van der Waals surface area contributed by atoms with E-state index in [1.54, 1.807) is 69.3 Å². The highest BCUT2D eigenvalue weighted by molar-refractivity contribution is 9.10. The Balaban J connectivity index is 2.68. The smallest absolute Gasteiger partial charge is 0.271 e. The van der Waals surface area contributed by atoms with Crippen LogP contribution in [0, 0.1) is 6.92 Å². The zero-order chi connectivity index (χ0) is 17.3. The van der Waals surface area contributed by atoms with E-state index in [1.807, 2.05) is 0 Å². The van der Waals surface area contributed by atoms with Crippen molar-refractivity contribution in [2.24, 2.45) is 0 Å². The summed E-state index contributed by atoms with van der Waals surface area (Å²) in [5.74, 6) is -0.549. The van der Waals surface area contributed by atoms with Crippen LogP contribution in [0.3, 0.4) is 0 Å². The van der Waals surface area contributed by atoms with Crippen LogP contribution in [-0.2, 0) is 14.8 Å². The molecule has 1 amide bonds. The van der Waals surface area contributed by atoms with Crippen molar-refractivity contribution in [3.63, 3.8) is 0 Å². The molecule has 2 rings (SSSR count). The van der Waals surface area contributed by atoms with Gasteiger partial charge in [0.15, 0.2) is 0 Å². The number of aryl methyl sites for hydroxylation is 1. The first-order valence-electron chi connectivity index (χ1n) is 7.05. The lowest BCUT2D eigenvalue weighted by Gasteiger charge is -2.28. The Hall–Kier alpha value is -1.66. The largest absolute Gasteiger partial charge is 0.272 e. The van der Waals surface area contributed by atoms with Gasteiger partial charge < -0.3 is 0 Å². The van der Waals surface area contributed by atoms with E-state index in [0.717, 1.165) is 4.31 Å². The Morgan fingerprint density at radius 2 is 1.52 bits per heavy atom. The number of alkyl halides is 1. The van der Waals surface area contributed by atoms with E-state index in [1.165, 1.54) is 6.07 Å². The molecule has 122 valence electrons. The third-order valence-corrected chi connectivity index (χ3v) is 5.51. The average Bonchev–Trinajstić information content (AvgIpc) is 2.47. The number of para-hydroxylation sites is 1. The Kier molecular flexibility index (Phi) is 4.96. The summed E-state index contributed by atoms with van der Waals surface area (Å²) in [5.41, 5.74) is 0.905. The van der Waals surface area contributed by atoms with Crippen molar-refractivity contribution in [1.82, 2.24) is 0 Å². The second-order valence-electron chi connectivity index (χ2n) is 5.65. The summed E-state index contributed by atoms with van der Waals surface area (Å²) in [6.07, 6.45) is 0. The van der Waals surface area contributed by atoms with E-state index >= 15 is 0 Å². The van der Waals surface area contributed by atoms with Crippen LogP contribution >= 0.6 is 15.9 Å². The summed E-state index contributed by atoms with van der Waals surface area (Å²) in [7, 11) is -4.01. The second kappa shape index (κ2) is 6.45. The topological polar surface area (TPSA) is 54.5 Å². The van der Waals surface area contributed by atoms with Crippen molar-refractivity contribution in [3.8, 4) is 0 Å². The molecule has 0 aliphatic rings. The third kappa shape index (κ3) is 3.64. The van der Waals surface area contributed by atoms with Gasteiger partial charge in [-0.15, -0.1) is 0 Å². The molecule has 23 heavy (non-hydrogen) atoms. The molecule has 0 aromatic heterocycles. The molecule has 0 saturated heterocycles. The van der Waals surface area contributed by atoms with Crippen LogP contribution in [-0.4, -0.2) is 18.6 Å². The second-order valence-corrected chi connectivity index (χ2v) is 9.39. The van der Waals surface area contributed by atoms with Gasteiger partial charge in [0.05, 0.1) is 10.6 Å². The molecule has 0 heterocycles. The fourth-order valence-electron chi connectivity index (χ4n) is 2.11. The van der Waals surface area contributed by atoms with E-state index in [9.17, 15) is 13.2 Å². The van der Waals surface area contributed by atoms with E-state index in [-0.39, 0.29) is 4.90 Å². The number of hydrogen-bond donors (Lipinski definition) is 0. The van der Waals surface area contributed by atoms with Crippen molar-refractivity contribution in [3.05, 3.63) is 60.2 Å². The van der Waals surface area contributed by atoms with E-state index in [2.05, 4.69) is 15.9 Å². The van der Waals surface area contributed by atoms with Gasteiger partial charge in [-0.2, -0.15) is 0 Å². The molecule has 6 heteroatoms. The van der Waals surface area contributed by atoms with Crippen LogP contribution < -0.4 is 4.31 Å². The van der Waals surface area contributed by atoms with E-state index in [4.69, 9.17) is 0 Å². The van der Waals surface area contributed by atoms with E-state index < -0.39 is 20.3 Å². The number of benzene rings is 2. The minimum atomic E-state index is -4.01. The van der Waals surface area contributed by atoms with Gasteiger partial charge in [0.25, 0.3) is 15.9 Å². The summed E-state index contributed by atoms with van der Waals surface area (Å²) in [5, 5.41) is 0. The number of amides is 1. The Morgan fingerprint density at radius 1 is 1.00 bits per heavy atom. The number of carbonyl (C=O) groups excluding carboxylic acids is 1. The zero-order valence-electron chi connectivity index (χ0n) is 13.2. The van der Waals surface area contributed by atoms with E-state index in [0.29, 0.717) is 11.3 Å². The van der Waals surface area contributed by atoms with Gasteiger partial charge in [-0.25, -0.2) is 12.7 Å². The number of carbonyl (C=O) groups is 1. The van der Waals surface area contributed by atoms with Crippen LogP contribution in [0.1, 0.15) is 19.4 Å². The lowest BCUT2D eigenvalue weighted by Crippen LogP contribution is -2.45. The minimum absolute atomic E-state index is 0.119. The predicted molar refractivity (Wildman–Crippen MR) is 95.3 cm³/mol. The first-order chi connectivity index (χ1) is 10.7. The maximum Gasteiger partial charge on any atom is 0.271 e. The van der Waals surface area contributed by atoms with Gasteiger partial charge in [-0.05, 0) is 44.5 Å². The zero-order valence-corrected chi connectivity index (χ0v) is 15.6. The van der Waals surface area contributed by atoms with Gasteiger partial charge in [-0.3, -0.25) is 4.79 Å². The molecular formula is C17H18BrNO3S. The van der Waals surface area contributed by atoms with Crippen LogP contribution in [0.2, 0.25) is 0 Å². The van der Waals surface area contributed by atoms with Crippen LogP contribution in [0.4, 0.5) is 5.69 Å². The van der Waals surface area contributed by atoms with Crippen molar-refractivity contribution < 1.29 is 13.2 Å². The predicted octanol–water partition coefficient (Wildman–Crippen LogP) is 3.89. The SMILES string of the molecule is Cc1ccccc1S(=O)(=O)N(C(=O)C(C)(C)Br)c1ccccc1. The molecule has 0 spiro atoms. The summed E-state index contributed by atoms with van der Waals surface area (Å²) in [4.78, 5) is 12.9. The molecule has 0 fully saturated rings. The molecule has 0 radical (unpaired) electrons. The van der Waals surface area contributed by atoms with Crippen molar-refractivity contribution in [2.75, 3.05) is 4.31 Å². The fourth-order valence-corrected chi connectivity index (χ4v) is 4.18. The molecule has 0 bridgehead atoms. The first kappa shape index (κ1) is 17.7. The maximum atomic E-state index is 13.1. The molecule has 0 aliphatic carbocycles. The molecule has 2 aromatic carbocycles. The normalized spacial score (nSPS) is 12.0. The molecule has 0 N–H and O–H groups in total. The van der Waals surface area contributed by atoms with Crippen LogP contribution in [0.15, 0.2) is 59.5 Å². The quantitative estimate of drug-likeness (QED) is 0.737. The van der Waals surface area contributed by atoms with Crippen molar-refractivity contribution in [1.29, 1.82) is 0 Å². The highest BCUT2D eigenvalue weighted by Crippen LogP contribution is 2.30. The summed E-state index contributed by atoms with van der Waals surface area (Å²) >= 11 is 3.27. The lowest BCUT2D eigenvalue weighted by molar-refractivity contribution is -0.118.